The molecular weight excluding hydrogens is 478 g/mol. The highest BCUT2D eigenvalue weighted by Gasteiger charge is 2.24. The molecule has 6 nitrogen and oxygen atoms in total. The highest BCUT2D eigenvalue weighted by Crippen LogP contribution is 2.30. The molecule has 3 heterocycles. The lowest BCUT2D eigenvalue weighted by atomic mass is 9.84. The molecule has 1 aliphatic heterocycles. The molecule has 2 aromatic rings. The topological polar surface area (TPSA) is 67.4 Å². The zero-order valence-electron chi connectivity index (χ0n) is 19.5. The van der Waals surface area contributed by atoms with Gasteiger partial charge < -0.3 is 15.0 Å². The van der Waals surface area contributed by atoms with Crippen LogP contribution in [0.2, 0.25) is 0 Å². The number of alkyl halides is 2. The first kappa shape index (κ1) is 25.2. The number of ether oxygens (including phenoxy) is 1. The smallest absolute Gasteiger partial charge is 0.273 e. The molecule has 2 aromatic heterocycles. The van der Waals surface area contributed by atoms with Crippen LogP contribution in [0, 0.1) is 12.8 Å². The Hall–Kier alpha value is -1.91. The number of carbonyl (C=O) groups is 1. The van der Waals surface area contributed by atoms with E-state index >= 15 is 0 Å². The predicted octanol–water partition coefficient (Wildman–Crippen LogP) is 4.73. The van der Waals surface area contributed by atoms with Gasteiger partial charge in [0.1, 0.15) is 0 Å². The fraction of sp³-hybridized carbons (Fsp3) is 0.625. The Balaban J connectivity index is 1.13. The summed E-state index contributed by atoms with van der Waals surface area (Å²) >= 11 is 2.99. The van der Waals surface area contributed by atoms with E-state index in [1.807, 2.05) is 13.0 Å². The Morgan fingerprint density at radius 1 is 1.26 bits per heavy atom. The summed E-state index contributed by atoms with van der Waals surface area (Å²) in [5.74, 6) is 0.677. The number of thiazole rings is 2. The quantitative estimate of drug-likeness (QED) is 0.494. The van der Waals surface area contributed by atoms with E-state index in [0.717, 1.165) is 73.7 Å². The summed E-state index contributed by atoms with van der Waals surface area (Å²) in [6.07, 6.45) is 10.0. The van der Waals surface area contributed by atoms with Crippen molar-refractivity contribution in [1.82, 2.24) is 20.2 Å². The summed E-state index contributed by atoms with van der Waals surface area (Å²) < 4.78 is 29.8. The van der Waals surface area contributed by atoms with Gasteiger partial charge in [0.05, 0.1) is 10.7 Å². The van der Waals surface area contributed by atoms with Gasteiger partial charge in [-0.2, -0.15) is 0 Å². The molecule has 1 amide bonds. The molecule has 0 atom stereocenters. The number of amides is 1. The van der Waals surface area contributed by atoms with E-state index in [2.05, 4.69) is 20.2 Å². The fourth-order valence-electron chi connectivity index (χ4n) is 4.63. The van der Waals surface area contributed by atoms with Crippen molar-refractivity contribution in [2.24, 2.45) is 5.92 Å². The molecule has 0 spiro atoms. The van der Waals surface area contributed by atoms with Gasteiger partial charge in [-0.3, -0.25) is 4.79 Å². The second-order valence-electron chi connectivity index (χ2n) is 9.02. The number of nitrogens with one attached hydrogen (secondary N) is 1. The summed E-state index contributed by atoms with van der Waals surface area (Å²) in [6.45, 7) is 4.36. The van der Waals surface area contributed by atoms with Gasteiger partial charge >= 0.3 is 0 Å². The minimum Gasteiger partial charge on any atom is -0.464 e. The van der Waals surface area contributed by atoms with E-state index in [-0.39, 0.29) is 11.9 Å². The molecule has 34 heavy (non-hydrogen) atoms. The van der Waals surface area contributed by atoms with Gasteiger partial charge in [0, 0.05) is 47.6 Å². The zero-order chi connectivity index (χ0) is 23.9. The summed E-state index contributed by atoms with van der Waals surface area (Å²) in [4.78, 5) is 25.5. The van der Waals surface area contributed by atoms with Gasteiger partial charge in [-0.05, 0) is 64.0 Å². The molecule has 1 saturated carbocycles. The lowest BCUT2D eigenvalue weighted by Crippen LogP contribution is -2.37. The Morgan fingerprint density at radius 2 is 2.06 bits per heavy atom. The molecule has 0 bridgehead atoms. The van der Waals surface area contributed by atoms with Gasteiger partial charge in [0.2, 0.25) is 5.91 Å². The molecule has 0 unspecified atom stereocenters. The molecule has 0 saturated heterocycles. The number of aryl methyl sites for hydroxylation is 1. The number of aromatic nitrogens is 2. The van der Waals surface area contributed by atoms with Crippen LogP contribution in [0.3, 0.4) is 0 Å². The van der Waals surface area contributed by atoms with Crippen LogP contribution >= 0.6 is 22.7 Å². The first-order valence-electron chi connectivity index (χ1n) is 12.0. The van der Waals surface area contributed by atoms with Crippen LogP contribution in [-0.4, -0.2) is 59.5 Å². The molecule has 1 fully saturated rings. The molecule has 0 radical (unpaired) electrons. The standard InChI is InChI=1S/C24H32F2N4O2S2/c1-16-27-14-19(33-16)6-7-23(31)28-18-4-2-17(3-5-18)8-11-30-12-9-20-21(10-13-30)34-24(29-20)32-15-22(25)26/h6-7,14,17-18,22H,2-5,8-13,15H2,1H3,(H,28,31)/b7-6+/t17-,18-. The Labute approximate surface area is 207 Å². The van der Waals surface area contributed by atoms with Crippen LogP contribution in [0.1, 0.15) is 52.6 Å². The van der Waals surface area contributed by atoms with Crippen molar-refractivity contribution in [2.45, 2.75) is 64.3 Å². The molecule has 10 heteroatoms. The minimum absolute atomic E-state index is 0.0251. The van der Waals surface area contributed by atoms with Crippen LogP contribution in [-0.2, 0) is 17.6 Å². The van der Waals surface area contributed by atoms with Gasteiger partial charge in [0.15, 0.2) is 6.61 Å². The Bertz CT molecular complexity index is 945. The van der Waals surface area contributed by atoms with Crippen LogP contribution in [0.25, 0.3) is 6.08 Å². The SMILES string of the molecule is Cc1ncc(/C=C/C(=O)N[C@H]2CC[C@H](CCN3CCc4nc(OCC(F)F)sc4CC3)CC2)s1. The van der Waals surface area contributed by atoms with E-state index in [1.54, 1.807) is 23.6 Å². The van der Waals surface area contributed by atoms with E-state index < -0.39 is 13.0 Å². The van der Waals surface area contributed by atoms with Crippen molar-refractivity contribution in [1.29, 1.82) is 0 Å². The molecule has 4 rings (SSSR count). The largest absolute Gasteiger partial charge is 0.464 e. The number of nitrogens with zero attached hydrogens (tertiary/aromatic N) is 3. The number of halogens is 2. The van der Waals surface area contributed by atoms with E-state index in [0.29, 0.717) is 11.1 Å². The molecule has 2 aliphatic rings. The second-order valence-corrected chi connectivity index (χ2v) is 11.3. The monoisotopic (exact) mass is 510 g/mol. The van der Waals surface area contributed by atoms with Crippen molar-refractivity contribution in [3.63, 3.8) is 0 Å². The van der Waals surface area contributed by atoms with Crippen LogP contribution in [0.5, 0.6) is 5.19 Å². The average Bonchev–Trinajstić information content (AvgIpc) is 3.37. The maximum absolute atomic E-state index is 12.3. The van der Waals surface area contributed by atoms with Crippen molar-refractivity contribution in [3.05, 3.63) is 32.7 Å². The van der Waals surface area contributed by atoms with E-state index in [1.165, 1.54) is 22.6 Å². The first-order chi connectivity index (χ1) is 16.4. The van der Waals surface area contributed by atoms with Gasteiger partial charge in [-0.1, -0.05) is 11.3 Å². The third-order valence-corrected chi connectivity index (χ3v) is 8.44. The summed E-state index contributed by atoms with van der Waals surface area (Å²) in [6, 6.07) is 0.262. The van der Waals surface area contributed by atoms with Crippen LogP contribution in [0.15, 0.2) is 12.3 Å². The first-order valence-corrected chi connectivity index (χ1v) is 13.6. The molecular formula is C24H32F2N4O2S2. The average molecular weight is 511 g/mol. The zero-order valence-corrected chi connectivity index (χ0v) is 21.1. The number of fused-ring (bicyclic) bond motifs is 1. The maximum Gasteiger partial charge on any atom is 0.273 e. The van der Waals surface area contributed by atoms with Gasteiger partial charge in [0.25, 0.3) is 11.6 Å². The lowest BCUT2D eigenvalue weighted by molar-refractivity contribution is -0.117. The number of rotatable bonds is 9. The van der Waals surface area contributed by atoms with Crippen molar-refractivity contribution >= 4 is 34.7 Å². The minimum atomic E-state index is -2.47. The third kappa shape index (κ3) is 7.55. The highest BCUT2D eigenvalue weighted by molar-refractivity contribution is 7.13. The van der Waals surface area contributed by atoms with Gasteiger partial charge in [-0.25, -0.2) is 18.7 Å². The fourth-order valence-corrected chi connectivity index (χ4v) is 6.27. The van der Waals surface area contributed by atoms with Crippen molar-refractivity contribution in [2.75, 3.05) is 26.2 Å². The number of hydrogen-bond donors (Lipinski definition) is 1. The van der Waals surface area contributed by atoms with Crippen LogP contribution in [0.4, 0.5) is 8.78 Å². The predicted molar refractivity (Wildman–Crippen MR) is 132 cm³/mol. The molecule has 1 aliphatic carbocycles. The second kappa shape index (κ2) is 12.2. The third-order valence-electron chi connectivity index (χ3n) is 6.50. The number of carbonyl (C=O) groups excluding carboxylic acids is 1. The molecule has 1 N–H and O–H groups in total. The molecule has 0 aromatic carbocycles. The maximum atomic E-state index is 12.3. The van der Waals surface area contributed by atoms with Crippen LogP contribution < -0.4 is 10.1 Å². The normalized spacial score (nSPS) is 21.5. The lowest BCUT2D eigenvalue weighted by Gasteiger charge is -2.30. The van der Waals surface area contributed by atoms with Gasteiger partial charge in [-0.15, -0.1) is 11.3 Å². The summed E-state index contributed by atoms with van der Waals surface area (Å²) in [5.41, 5.74) is 1.01. The molecule has 186 valence electrons. The van der Waals surface area contributed by atoms with E-state index in [9.17, 15) is 13.6 Å². The Kier molecular flexibility index (Phi) is 9.02. The van der Waals surface area contributed by atoms with E-state index in [4.69, 9.17) is 4.74 Å². The van der Waals surface area contributed by atoms with Crippen molar-refractivity contribution in [3.8, 4) is 5.19 Å². The Morgan fingerprint density at radius 3 is 2.79 bits per heavy atom. The highest BCUT2D eigenvalue weighted by atomic mass is 32.1. The summed E-state index contributed by atoms with van der Waals surface area (Å²) in [7, 11) is 0. The summed E-state index contributed by atoms with van der Waals surface area (Å²) in [5, 5.41) is 4.52. The number of hydrogen-bond acceptors (Lipinski definition) is 7. The van der Waals surface area contributed by atoms with Crippen molar-refractivity contribution < 1.29 is 18.3 Å².